The first-order chi connectivity index (χ1) is 9.61. The summed E-state index contributed by atoms with van der Waals surface area (Å²) in [6, 6.07) is 9.42. The minimum absolute atomic E-state index is 0.193. The quantitative estimate of drug-likeness (QED) is 0.878. The van der Waals surface area contributed by atoms with Gasteiger partial charge in [0.05, 0.1) is 12.5 Å². The van der Waals surface area contributed by atoms with E-state index in [1.165, 1.54) is 0 Å². The lowest BCUT2D eigenvalue weighted by Crippen LogP contribution is -2.11. The average Bonchev–Trinajstić information content (AvgIpc) is 2.88. The van der Waals surface area contributed by atoms with E-state index in [-0.39, 0.29) is 12.0 Å². The van der Waals surface area contributed by atoms with Crippen molar-refractivity contribution in [1.29, 1.82) is 0 Å². The van der Waals surface area contributed by atoms with Crippen LogP contribution in [0.5, 0.6) is 0 Å². The van der Waals surface area contributed by atoms with E-state index in [9.17, 15) is 5.11 Å². The Balaban J connectivity index is 2.06. The second kappa shape index (κ2) is 6.63. The molecule has 0 aliphatic carbocycles. The molecule has 0 spiro atoms. The zero-order chi connectivity index (χ0) is 14.5. The molecule has 108 valence electrons. The van der Waals surface area contributed by atoms with Crippen LogP contribution in [0, 0.1) is 5.92 Å². The Morgan fingerprint density at radius 1 is 1.25 bits per heavy atom. The van der Waals surface area contributed by atoms with Crippen LogP contribution in [0.15, 0.2) is 34.9 Å². The summed E-state index contributed by atoms with van der Waals surface area (Å²) in [6.07, 6.45) is -0.545. The topological polar surface area (TPSA) is 68.4 Å². The Labute approximate surface area is 118 Å². The van der Waals surface area contributed by atoms with Crippen molar-refractivity contribution in [2.75, 3.05) is 7.11 Å². The molecule has 0 saturated carbocycles. The van der Waals surface area contributed by atoms with Gasteiger partial charge in [0.2, 0.25) is 11.7 Å². The van der Waals surface area contributed by atoms with Gasteiger partial charge in [0.15, 0.2) is 0 Å². The van der Waals surface area contributed by atoms with E-state index in [2.05, 4.69) is 10.1 Å². The van der Waals surface area contributed by atoms with Crippen molar-refractivity contribution in [2.24, 2.45) is 5.92 Å². The molecule has 1 aromatic heterocycles. The molecule has 5 heteroatoms. The lowest BCUT2D eigenvalue weighted by Gasteiger charge is -2.14. The number of rotatable bonds is 6. The minimum atomic E-state index is -0.649. The summed E-state index contributed by atoms with van der Waals surface area (Å²) in [5.74, 6) is 1.20. The van der Waals surface area contributed by atoms with Crippen LogP contribution in [0.25, 0.3) is 0 Å². The van der Waals surface area contributed by atoms with Crippen LogP contribution in [0.4, 0.5) is 0 Å². The minimum Gasteiger partial charge on any atom is -0.388 e. The van der Waals surface area contributed by atoms with Crippen molar-refractivity contribution in [3.8, 4) is 0 Å². The highest BCUT2D eigenvalue weighted by atomic mass is 16.5. The van der Waals surface area contributed by atoms with E-state index in [1.54, 1.807) is 7.11 Å². The molecule has 0 saturated heterocycles. The van der Waals surface area contributed by atoms with E-state index in [4.69, 9.17) is 9.26 Å². The fourth-order valence-corrected chi connectivity index (χ4v) is 2.10. The fraction of sp³-hybridized carbons (Fsp3) is 0.467. The predicted octanol–water partition coefficient (Wildman–Crippen LogP) is 2.69. The number of benzene rings is 1. The van der Waals surface area contributed by atoms with Crippen molar-refractivity contribution in [3.05, 3.63) is 47.6 Å². The van der Waals surface area contributed by atoms with Gasteiger partial charge in [-0.25, -0.2) is 0 Å². The number of methoxy groups -OCH3 is 1. The van der Waals surface area contributed by atoms with E-state index >= 15 is 0 Å². The van der Waals surface area contributed by atoms with Crippen molar-refractivity contribution in [1.82, 2.24) is 10.1 Å². The molecule has 0 fully saturated rings. The number of aromatic nitrogens is 2. The molecule has 0 bridgehead atoms. The Morgan fingerprint density at radius 2 is 1.95 bits per heavy atom. The van der Waals surface area contributed by atoms with E-state index in [0.717, 1.165) is 5.56 Å². The molecular formula is C15H20N2O3. The lowest BCUT2D eigenvalue weighted by molar-refractivity contribution is 0.0555. The summed E-state index contributed by atoms with van der Waals surface area (Å²) in [5.41, 5.74) is 0.833. The zero-order valence-electron chi connectivity index (χ0n) is 12.0. The van der Waals surface area contributed by atoms with Gasteiger partial charge >= 0.3 is 0 Å². The first-order valence-electron chi connectivity index (χ1n) is 6.70. The SMILES string of the molecule is COC(c1noc(CC(O)c2ccccc2)n1)C(C)C. The monoisotopic (exact) mass is 276 g/mol. The van der Waals surface area contributed by atoms with Crippen LogP contribution in [-0.4, -0.2) is 22.4 Å². The van der Waals surface area contributed by atoms with E-state index < -0.39 is 6.10 Å². The fourth-order valence-electron chi connectivity index (χ4n) is 2.10. The van der Waals surface area contributed by atoms with Gasteiger partial charge in [-0.05, 0) is 11.5 Å². The summed E-state index contributed by atoms with van der Waals surface area (Å²) < 4.78 is 10.5. The Bertz CT molecular complexity index is 525. The number of aliphatic hydroxyl groups excluding tert-OH is 1. The molecule has 0 amide bonds. The van der Waals surface area contributed by atoms with Crippen molar-refractivity contribution < 1.29 is 14.4 Å². The van der Waals surface area contributed by atoms with Crippen LogP contribution in [-0.2, 0) is 11.2 Å². The summed E-state index contributed by atoms with van der Waals surface area (Å²) in [7, 11) is 1.62. The molecule has 1 aromatic carbocycles. The third-order valence-electron chi connectivity index (χ3n) is 3.15. The second-order valence-electron chi connectivity index (χ2n) is 5.08. The molecule has 20 heavy (non-hydrogen) atoms. The van der Waals surface area contributed by atoms with Crippen LogP contribution in [0.3, 0.4) is 0 Å². The van der Waals surface area contributed by atoms with Gasteiger partial charge in [-0.1, -0.05) is 49.3 Å². The molecule has 2 rings (SSSR count). The summed E-state index contributed by atoms with van der Waals surface area (Å²) in [5, 5.41) is 14.1. The van der Waals surface area contributed by atoms with Gasteiger partial charge in [-0.2, -0.15) is 4.98 Å². The van der Waals surface area contributed by atoms with E-state index in [0.29, 0.717) is 18.1 Å². The lowest BCUT2D eigenvalue weighted by atomic mass is 10.1. The van der Waals surface area contributed by atoms with E-state index in [1.807, 2.05) is 44.2 Å². The first-order valence-corrected chi connectivity index (χ1v) is 6.70. The number of hydrogen-bond acceptors (Lipinski definition) is 5. The van der Waals surface area contributed by atoms with Crippen molar-refractivity contribution in [2.45, 2.75) is 32.5 Å². The summed E-state index contributed by atoms with van der Waals surface area (Å²) >= 11 is 0. The third-order valence-corrected chi connectivity index (χ3v) is 3.15. The molecule has 5 nitrogen and oxygen atoms in total. The maximum atomic E-state index is 10.1. The number of hydrogen-bond donors (Lipinski definition) is 1. The first kappa shape index (κ1) is 14.7. The van der Waals surface area contributed by atoms with Crippen LogP contribution in [0.2, 0.25) is 0 Å². The zero-order valence-corrected chi connectivity index (χ0v) is 12.0. The Kier molecular flexibility index (Phi) is 4.87. The van der Waals surface area contributed by atoms with Gasteiger partial charge < -0.3 is 14.4 Å². The van der Waals surface area contributed by atoms with Crippen molar-refractivity contribution >= 4 is 0 Å². The van der Waals surface area contributed by atoms with Crippen molar-refractivity contribution in [3.63, 3.8) is 0 Å². The highest BCUT2D eigenvalue weighted by Gasteiger charge is 2.22. The third kappa shape index (κ3) is 3.43. The maximum absolute atomic E-state index is 10.1. The van der Waals surface area contributed by atoms with Gasteiger partial charge in [-0.15, -0.1) is 0 Å². The van der Waals surface area contributed by atoms with Crippen LogP contribution >= 0.6 is 0 Å². The van der Waals surface area contributed by atoms with Gasteiger partial charge in [0.25, 0.3) is 0 Å². The molecule has 0 radical (unpaired) electrons. The highest BCUT2D eigenvalue weighted by molar-refractivity contribution is 5.18. The van der Waals surface area contributed by atoms with Crippen LogP contribution in [0.1, 0.15) is 43.3 Å². The second-order valence-corrected chi connectivity index (χ2v) is 5.08. The van der Waals surface area contributed by atoms with Gasteiger partial charge in [0, 0.05) is 7.11 Å². The number of nitrogens with zero attached hydrogens (tertiary/aromatic N) is 2. The molecule has 1 heterocycles. The molecule has 0 aliphatic heterocycles. The normalized spacial score (nSPS) is 14.4. The average molecular weight is 276 g/mol. The maximum Gasteiger partial charge on any atom is 0.229 e. The van der Waals surface area contributed by atoms with Gasteiger partial charge in [0.1, 0.15) is 6.10 Å². The standard InChI is InChI=1S/C15H20N2O3/c1-10(2)14(19-3)15-16-13(20-17-15)9-12(18)11-7-5-4-6-8-11/h4-8,10,12,14,18H,9H2,1-3H3. The Hall–Kier alpha value is -1.72. The highest BCUT2D eigenvalue weighted by Crippen LogP contribution is 2.23. The molecule has 2 aromatic rings. The van der Waals surface area contributed by atoms with Crippen LogP contribution < -0.4 is 0 Å². The molecule has 2 unspecified atom stereocenters. The number of ether oxygens (including phenoxy) is 1. The van der Waals surface area contributed by atoms with Gasteiger partial charge in [-0.3, -0.25) is 0 Å². The predicted molar refractivity (Wildman–Crippen MR) is 74.0 cm³/mol. The summed E-state index contributed by atoms with van der Waals surface area (Å²) in [4.78, 5) is 4.31. The number of aliphatic hydroxyl groups is 1. The molecule has 2 atom stereocenters. The smallest absolute Gasteiger partial charge is 0.229 e. The Morgan fingerprint density at radius 3 is 2.55 bits per heavy atom. The molecular weight excluding hydrogens is 256 g/mol. The largest absolute Gasteiger partial charge is 0.388 e. The molecule has 1 N–H and O–H groups in total. The molecule has 0 aliphatic rings. The summed E-state index contributed by atoms with van der Waals surface area (Å²) in [6.45, 7) is 4.06.